The number of imide groups is 2. The number of urea groups is 1. The highest BCUT2D eigenvalue weighted by atomic mass is 35.5. The number of carbonyl (C=O) groups excluding carboxylic acids is 3. The fraction of sp³-hybridized carbons (Fsp3) is 0.286. The van der Waals surface area contributed by atoms with Gasteiger partial charge in [0.1, 0.15) is 11.5 Å². The molecule has 1 saturated heterocycles. The van der Waals surface area contributed by atoms with E-state index in [9.17, 15) is 14.4 Å². The van der Waals surface area contributed by atoms with Crippen LogP contribution in [0.4, 0.5) is 10.5 Å². The minimum Gasteiger partial charge on any atom is -0.276 e. The van der Waals surface area contributed by atoms with E-state index in [1.54, 1.807) is 0 Å². The maximum absolute atomic E-state index is 12.6. The number of hydrogen-bond donors (Lipinski definition) is 1. The molecule has 0 unspecified atom stereocenters. The number of amides is 4. The lowest BCUT2D eigenvalue weighted by Gasteiger charge is -2.44. The van der Waals surface area contributed by atoms with Gasteiger partial charge in [0, 0.05) is 5.02 Å². The van der Waals surface area contributed by atoms with Gasteiger partial charge in [-0.1, -0.05) is 18.0 Å². The molecule has 2 aliphatic rings. The summed E-state index contributed by atoms with van der Waals surface area (Å²) in [5.41, 5.74) is -0.929. The molecular weight excluding hydrogens is 294 g/mol. The van der Waals surface area contributed by atoms with E-state index in [0.717, 1.165) is 11.3 Å². The van der Waals surface area contributed by atoms with Crippen molar-refractivity contribution in [2.75, 3.05) is 4.90 Å². The highest BCUT2D eigenvalue weighted by molar-refractivity contribution is 6.33. The Morgan fingerprint density at radius 3 is 2.57 bits per heavy atom. The molecule has 2 fully saturated rings. The number of nitriles is 1. The van der Waals surface area contributed by atoms with Gasteiger partial charge in [-0.2, -0.15) is 5.26 Å². The molecule has 0 atom stereocenters. The molecule has 1 aromatic rings. The predicted molar refractivity (Wildman–Crippen MR) is 73.5 cm³/mol. The Morgan fingerprint density at radius 2 is 2.00 bits per heavy atom. The molecule has 1 aliphatic carbocycles. The van der Waals surface area contributed by atoms with Crippen LogP contribution in [0.3, 0.4) is 0 Å². The van der Waals surface area contributed by atoms with Crippen LogP contribution < -0.4 is 10.2 Å². The summed E-state index contributed by atoms with van der Waals surface area (Å²) in [5.74, 6) is -1.14. The summed E-state index contributed by atoms with van der Waals surface area (Å²) in [7, 11) is 0. The van der Waals surface area contributed by atoms with E-state index >= 15 is 0 Å². The zero-order valence-corrected chi connectivity index (χ0v) is 11.6. The van der Waals surface area contributed by atoms with Crippen LogP contribution in [0.2, 0.25) is 5.02 Å². The molecular formula is C14H10ClN3O3. The summed E-state index contributed by atoms with van der Waals surface area (Å²) in [5, 5.41) is 11.6. The monoisotopic (exact) mass is 303 g/mol. The van der Waals surface area contributed by atoms with Crippen molar-refractivity contribution in [1.29, 1.82) is 5.26 Å². The molecule has 1 N–H and O–H groups in total. The summed E-state index contributed by atoms with van der Waals surface area (Å²) >= 11 is 5.89. The molecule has 21 heavy (non-hydrogen) atoms. The van der Waals surface area contributed by atoms with E-state index in [0.29, 0.717) is 17.9 Å². The van der Waals surface area contributed by atoms with Crippen molar-refractivity contribution in [2.45, 2.75) is 19.3 Å². The molecule has 3 rings (SSSR count). The Balaban J connectivity index is 2.11. The van der Waals surface area contributed by atoms with Crippen LogP contribution in [0.5, 0.6) is 0 Å². The second-order valence-corrected chi connectivity index (χ2v) is 5.55. The lowest BCUT2D eigenvalue weighted by molar-refractivity contribution is -0.148. The van der Waals surface area contributed by atoms with Crippen LogP contribution in [0.15, 0.2) is 18.2 Å². The first-order valence-electron chi connectivity index (χ1n) is 6.39. The third kappa shape index (κ3) is 1.82. The maximum Gasteiger partial charge on any atom is 0.335 e. The van der Waals surface area contributed by atoms with Gasteiger partial charge in [0.15, 0.2) is 0 Å². The van der Waals surface area contributed by atoms with Crippen LogP contribution >= 0.6 is 11.6 Å². The van der Waals surface area contributed by atoms with Gasteiger partial charge in [0.05, 0.1) is 11.3 Å². The Hall–Kier alpha value is -2.39. The quantitative estimate of drug-likeness (QED) is 0.803. The van der Waals surface area contributed by atoms with Gasteiger partial charge < -0.3 is 0 Å². The molecule has 1 heterocycles. The minimum atomic E-state index is -1.18. The van der Waals surface area contributed by atoms with Gasteiger partial charge in [-0.05, 0) is 31.0 Å². The molecule has 106 valence electrons. The van der Waals surface area contributed by atoms with Crippen molar-refractivity contribution < 1.29 is 14.4 Å². The average molecular weight is 304 g/mol. The van der Waals surface area contributed by atoms with Crippen molar-refractivity contribution in [3.05, 3.63) is 28.8 Å². The zero-order valence-electron chi connectivity index (χ0n) is 10.9. The van der Waals surface area contributed by atoms with Crippen molar-refractivity contribution in [3.63, 3.8) is 0 Å². The SMILES string of the molecule is N#Cc1ccc(Cl)cc1N1C(=O)NC(=O)C2(CCC2)C1=O. The number of nitrogens with zero attached hydrogens (tertiary/aromatic N) is 2. The standard InChI is InChI=1S/C14H10ClN3O3/c15-9-3-2-8(7-16)10(6-9)18-12(20)14(4-1-5-14)11(19)17-13(18)21/h2-3,6H,1,4-5H2,(H,17,19,21). The number of benzene rings is 1. The minimum absolute atomic E-state index is 0.103. The zero-order chi connectivity index (χ0) is 15.2. The van der Waals surface area contributed by atoms with E-state index in [1.807, 2.05) is 6.07 Å². The van der Waals surface area contributed by atoms with Crippen LogP contribution in [0.25, 0.3) is 0 Å². The van der Waals surface area contributed by atoms with E-state index in [-0.39, 0.29) is 11.3 Å². The second kappa shape index (κ2) is 4.57. The Kier molecular flexibility index (Phi) is 2.96. The van der Waals surface area contributed by atoms with Crippen molar-refractivity contribution >= 4 is 35.1 Å². The summed E-state index contributed by atoms with van der Waals surface area (Å²) in [6.45, 7) is 0. The molecule has 6 nitrogen and oxygen atoms in total. The summed E-state index contributed by atoms with van der Waals surface area (Å²) < 4.78 is 0. The number of halogens is 1. The smallest absolute Gasteiger partial charge is 0.276 e. The van der Waals surface area contributed by atoms with Gasteiger partial charge in [0.25, 0.3) is 5.91 Å². The largest absolute Gasteiger partial charge is 0.335 e. The fourth-order valence-electron chi connectivity index (χ4n) is 2.65. The fourth-order valence-corrected chi connectivity index (χ4v) is 2.82. The van der Waals surface area contributed by atoms with Crippen LogP contribution in [0.1, 0.15) is 24.8 Å². The summed E-state index contributed by atoms with van der Waals surface area (Å²) in [4.78, 5) is 37.5. The van der Waals surface area contributed by atoms with Crippen molar-refractivity contribution in [2.24, 2.45) is 5.41 Å². The molecule has 1 aromatic carbocycles. The first kappa shape index (κ1) is 13.6. The van der Waals surface area contributed by atoms with E-state index < -0.39 is 23.3 Å². The number of barbiturate groups is 1. The number of nitrogens with one attached hydrogen (secondary N) is 1. The summed E-state index contributed by atoms with van der Waals surface area (Å²) in [6.07, 6.45) is 1.57. The average Bonchev–Trinajstić information content (AvgIpc) is 2.37. The molecule has 4 amide bonds. The van der Waals surface area contributed by atoms with Gasteiger partial charge in [0.2, 0.25) is 5.91 Å². The van der Waals surface area contributed by atoms with Crippen LogP contribution in [-0.2, 0) is 9.59 Å². The van der Waals surface area contributed by atoms with E-state index in [1.165, 1.54) is 18.2 Å². The highest BCUT2D eigenvalue weighted by Gasteiger charge is 2.57. The molecule has 1 spiro atoms. The summed E-state index contributed by atoms with van der Waals surface area (Å²) in [6, 6.07) is 5.38. The van der Waals surface area contributed by atoms with Crippen LogP contribution in [0, 0.1) is 16.7 Å². The molecule has 0 aromatic heterocycles. The maximum atomic E-state index is 12.6. The second-order valence-electron chi connectivity index (χ2n) is 5.11. The van der Waals surface area contributed by atoms with Gasteiger partial charge >= 0.3 is 6.03 Å². The van der Waals surface area contributed by atoms with Crippen molar-refractivity contribution in [1.82, 2.24) is 5.32 Å². The number of hydrogen-bond acceptors (Lipinski definition) is 4. The van der Waals surface area contributed by atoms with E-state index in [4.69, 9.17) is 16.9 Å². The Morgan fingerprint density at radius 1 is 1.29 bits per heavy atom. The predicted octanol–water partition coefficient (Wildman–Crippen LogP) is 1.96. The van der Waals surface area contributed by atoms with Gasteiger partial charge in [-0.3, -0.25) is 14.9 Å². The molecule has 0 radical (unpaired) electrons. The Bertz CT molecular complexity index is 719. The van der Waals surface area contributed by atoms with Crippen LogP contribution in [-0.4, -0.2) is 17.8 Å². The number of carbonyl (C=O) groups is 3. The first-order valence-corrected chi connectivity index (χ1v) is 6.77. The van der Waals surface area contributed by atoms with Crippen molar-refractivity contribution in [3.8, 4) is 6.07 Å². The highest BCUT2D eigenvalue weighted by Crippen LogP contribution is 2.45. The van der Waals surface area contributed by atoms with E-state index in [2.05, 4.69) is 5.32 Å². The lowest BCUT2D eigenvalue weighted by atomic mass is 9.66. The topological polar surface area (TPSA) is 90.3 Å². The molecule has 1 saturated carbocycles. The first-order chi connectivity index (χ1) is 9.99. The third-order valence-corrected chi connectivity index (χ3v) is 4.23. The van der Waals surface area contributed by atoms with Gasteiger partial charge in [-0.15, -0.1) is 0 Å². The Labute approximate surface area is 125 Å². The van der Waals surface area contributed by atoms with Gasteiger partial charge in [-0.25, -0.2) is 9.69 Å². The lowest BCUT2D eigenvalue weighted by Crippen LogP contribution is -2.66. The molecule has 0 bridgehead atoms. The molecule has 7 heteroatoms. The molecule has 1 aliphatic heterocycles. The number of anilines is 1. The normalized spacial score (nSPS) is 20.0. The number of rotatable bonds is 1. The third-order valence-electron chi connectivity index (χ3n) is 4.00.